The Kier molecular flexibility index (Phi) is 5.86. The van der Waals surface area contributed by atoms with Crippen LogP contribution in [0.3, 0.4) is 0 Å². The number of aromatic nitrogens is 2. The molecule has 0 amide bonds. The SMILES string of the molecule is CCCNC(Cc1nccn1CC)CC1CCOC1. The molecule has 108 valence electrons. The van der Waals surface area contributed by atoms with Crippen LogP contribution in [0.4, 0.5) is 0 Å². The van der Waals surface area contributed by atoms with Gasteiger partial charge in [-0.05, 0) is 38.6 Å². The summed E-state index contributed by atoms with van der Waals surface area (Å²) in [5, 5.41) is 3.68. The summed E-state index contributed by atoms with van der Waals surface area (Å²) in [4.78, 5) is 4.50. The summed E-state index contributed by atoms with van der Waals surface area (Å²) >= 11 is 0. The van der Waals surface area contributed by atoms with Crippen LogP contribution in [0.25, 0.3) is 0 Å². The lowest BCUT2D eigenvalue weighted by atomic mass is 9.97. The average molecular weight is 265 g/mol. The fourth-order valence-electron chi connectivity index (χ4n) is 2.80. The van der Waals surface area contributed by atoms with E-state index < -0.39 is 0 Å². The van der Waals surface area contributed by atoms with Crippen LogP contribution >= 0.6 is 0 Å². The summed E-state index contributed by atoms with van der Waals surface area (Å²) in [7, 11) is 0. The highest BCUT2D eigenvalue weighted by atomic mass is 16.5. The minimum atomic E-state index is 0.527. The zero-order valence-electron chi connectivity index (χ0n) is 12.3. The number of nitrogens with one attached hydrogen (secondary N) is 1. The van der Waals surface area contributed by atoms with Crippen molar-refractivity contribution < 1.29 is 4.74 Å². The van der Waals surface area contributed by atoms with Crippen LogP contribution < -0.4 is 5.32 Å². The van der Waals surface area contributed by atoms with Crippen molar-refractivity contribution in [3.05, 3.63) is 18.2 Å². The third-order valence-corrected chi connectivity index (χ3v) is 3.90. The molecule has 0 radical (unpaired) electrons. The van der Waals surface area contributed by atoms with Crippen molar-refractivity contribution in [3.63, 3.8) is 0 Å². The second-order valence-electron chi connectivity index (χ2n) is 5.45. The maximum atomic E-state index is 5.49. The van der Waals surface area contributed by atoms with Crippen LogP contribution in [0, 0.1) is 5.92 Å². The zero-order chi connectivity index (χ0) is 13.5. The smallest absolute Gasteiger partial charge is 0.110 e. The Bertz CT molecular complexity index is 358. The molecule has 0 aliphatic carbocycles. The highest BCUT2D eigenvalue weighted by molar-refractivity contribution is 4.96. The summed E-state index contributed by atoms with van der Waals surface area (Å²) in [5.41, 5.74) is 0. The Morgan fingerprint density at radius 2 is 2.42 bits per heavy atom. The minimum Gasteiger partial charge on any atom is -0.381 e. The highest BCUT2D eigenvalue weighted by Crippen LogP contribution is 2.19. The van der Waals surface area contributed by atoms with E-state index in [1.807, 2.05) is 6.20 Å². The molecule has 0 spiro atoms. The van der Waals surface area contributed by atoms with Crippen molar-refractivity contribution >= 4 is 0 Å². The largest absolute Gasteiger partial charge is 0.381 e. The number of rotatable bonds is 8. The quantitative estimate of drug-likeness (QED) is 0.783. The second kappa shape index (κ2) is 7.65. The van der Waals surface area contributed by atoms with Gasteiger partial charge in [0.25, 0.3) is 0 Å². The van der Waals surface area contributed by atoms with E-state index in [4.69, 9.17) is 4.74 Å². The molecule has 2 heterocycles. The molecule has 1 N–H and O–H groups in total. The molecule has 4 heteroatoms. The van der Waals surface area contributed by atoms with E-state index in [1.165, 1.54) is 25.1 Å². The van der Waals surface area contributed by atoms with Crippen LogP contribution in [0.1, 0.15) is 38.9 Å². The molecule has 1 saturated heterocycles. The molecular formula is C15H27N3O. The van der Waals surface area contributed by atoms with Gasteiger partial charge in [0.05, 0.1) is 0 Å². The van der Waals surface area contributed by atoms with Crippen molar-refractivity contribution in [2.45, 2.75) is 52.1 Å². The number of imidazole rings is 1. The van der Waals surface area contributed by atoms with Gasteiger partial charge in [-0.2, -0.15) is 0 Å². The first-order valence-corrected chi connectivity index (χ1v) is 7.64. The monoisotopic (exact) mass is 265 g/mol. The molecule has 1 aliphatic heterocycles. The van der Waals surface area contributed by atoms with Gasteiger partial charge in [-0.15, -0.1) is 0 Å². The van der Waals surface area contributed by atoms with Crippen LogP contribution in [0.5, 0.6) is 0 Å². The van der Waals surface area contributed by atoms with E-state index in [-0.39, 0.29) is 0 Å². The Labute approximate surface area is 116 Å². The molecule has 4 nitrogen and oxygen atoms in total. The summed E-state index contributed by atoms with van der Waals surface area (Å²) in [6.07, 6.45) is 8.61. The van der Waals surface area contributed by atoms with Gasteiger partial charge in [0.2, 0.25) is 0 Å². The van der Waals surface area contributed by atoms with Crippen LogP contribution in [0.15, 0.2) is 12.4 Å². The van der Waals surface area contributed by atoms with Gasteiger partial charge in [0.15, 0.2) is 0 Å². The normalized spacial score (nSPS) is 20.8. The summed E-state index contributed by atoms with van der Waals surface area (Å²) < 4.78 is 7.74. The summed E-state index contributed by atoms with van der Waals surface area (Å²) in [6, 6.07) is 0.527. The Morgan fingerprint density at radius 3 is 3.11 bits per heavy atom. The van der Waals surface area contributed by atoms with Gasteiger partial charge < -0.3 is 14.6 Å². The van der Waals surface area contributed by atoms with Crippen molar-refractivity contribution in [1.82, 2.24) is 14.9 Å². The molecule has 2 atom stereocenters. The number of ether oxygens (including phenoxy) is 1. The van der Waals surface area contributed by atoms with Gasteiger partial charge in [0, 0.05) is 44.6 Å². The molecule has 0 saturated carbocycles. The first kappa shape index (κ1) is 14.5. The van der Waals surface area contributed by atoms with Crippen LogP contribution in [-0.2, 0) is 17.7 Å². The van der Waals surface area contributed by atoms with Gasteiger partial charge in [-0.25, -0.2) is 4.98 Å². The van der Waals surface area contributed by atoms with E-state index in [9.17, 15) is 0 Å². The third kappa shape index (κ3) is 4.32. The first-order valence-electron chi connectivity index (χ1n) is 7.64. The lowest BCUT2D eigenvalue weighted by Crippen LogP contribution is -2.34. The Morgan fingerprint density at radius 1 is 1.53 bits per heavy atom. The van der Waals surface area contributed by atoms with E-state index in [0.717, 1.165) is 38.6 Å². The summed E-state index contributed by atoms with van der Waals surface area (Å²) in [6.45, 7) is 8.36. The van der Waals surface area contributed by atoms with Crippen LogP contribution in [0.2, 0.25) is 0 Å². The predicted molar refractivity (Wildman–Crippen MR) is 77.2 cm³/mol. The maximum Gasteiger partial charge on any atom is 0.110 e. The van der Waals surface area contributed by atoms with E-state index >= 15 is 0 Å². The van der Waals surface area contributed by atoms with Crippen LogP contribution in [-0.4, -0.2) is 35.4 Å². The average Bonchev–Trinajstić information content (AvgIpc) is 3.07. The van der Waals surface area contributed by atoms with Crippen molar-refractivity contribution in [2.75, 3.05) is 19.8 Å². The number of aryl methyl sites for hydroxylation is 1. The van der Waals surface area contributed by atoms with Gasteiger partial charge in [-0.1, -0.05) is 6.92 Å². The van der Waals surface area contributed by atoms with Gasteiger partial charge >= 0.3 is 0 Å². The summed E-state index contributed by atoms with van der Waals surface area (Å²) in [5.74, 6) is 1.93. The predicted octanol–water partition coefficient (Wildman–Crippen LogP) is 2.24. The second-order valence-corrected chi connectivity index (χ2v) is 5.45. The fraction of sp³-hybridized carbons (Fsp3) is 0.800. The fourth-order valence-corrected chi connectivity index (χ4v) is 2.80. The van der Waals surface area contributed by atoms with Crippen molar-refractivity contribution in [2.24, 2.45) is 5.92 Å². The molecule has 0 bridgehead atoms. The molecule has 1 aromatic rings. The molecular weight excluding hydrogens is 238 g/mol. The maximum absolute atomic E-state index is 5.49. The molecule has 1 aromatic heterocycles. The number of hydrogen-bond acceptors (Lipinski definition) is 3. The Balaban J connectivity index is 1.92. The van der Waals surface area contributed by atoms with Crippen molar-refractivity contribution in [3.8, 4) is 0 Å². The third-order valence-electron chi connectivity index (χ3n) is 3.90. The minimum absolute atomic E-state index is 0.527. The molecule has 2 rings (SSSR count). The molecule has 0 aromatic carbocycles. The first-order chi connectivity index (χ1) is 9.33. The Hall–Kier alpha value is -0.870. The van der Waals surface area contributed by atoms with E-state index in [0.29, 0.717) is 6.04 Å². The van der Waals surface area contributed by atoms with Crippen molar-refractivity contribution in [1.29, 1.82) is 0 Å². The number of hydrogen-bond donors (Lipinski definition) is 1. The highest BCUT2D eigenvalue weighted by Gasteiger charge is 2.21. The number of nitrogens with zero attached hydrogens (tertiary/aromatic N) is 2. The van der Waals surface area contributed by atoms with Gasteiger partial charge in [-0.3, -0.25) is 0 Å². The van der Waals surface area contributed by atoms with E-state index in [2.05, 4.69) is 34.9 Å². The lowest BCUT2D eigenvalue weighted by Gasteiger charge is -2.21. The molecule has 1 fully saturated rings. The van der Waals surface area contributed by atoms with Gasteiger partial charge in [0.1, 0.15) is 5.82 Å². The standard InChI is InChI=1S/C15H27N3O/c1-3-6-16-14(10-13-5-9-19-12-13)11-15-17-7-8-18(15)4-2/h7-8,13-14,16H,3-6,9-12H2,1-2H3. The molecule has 1 aliphatic rings. The lowest BCUT2D eigenvalue weighted by molar-refractivity contribution is 0.181. The van der Waals surface area contributed by atoms with E-state index in [1.54, 1.807) is 0 Å². The topological polar surface area (TPSA) is 39.1 Å². The molecule has 19 heavy (non-hydrogen) atoms. The molecule has 2 unspecified atom stereocenters. The zero-order valence-corrected chi connectivity index (χ0v) is 12.3.